The molecule has 5 aromatic heterocycles. The van der Waals surface area contributed by atoms with Crippen LogP contribution in [0.1, 0.15) is 26.3 Å². The molecule has 0 saturated carbocycles. The van der Waals surface area contributed by atoms with Gasteiger partial charge in [-0.25, -0.2) is 4.98 Å². The van der Waals surface area contributed by atoms with Crippen LogP contribution in [-0.2, 0) is 26.5 Å². The van der Waals surface area contributed by atoms with E-state index in [1.807, 2.05) is 54.7 Å². The molecule has 0 bridgehead atoms. The van der Waals surface area contributed by atoms with Crippen LogP contribution >= 0.6 is 0 Å². The molecule has 0 saturated heterocycles. The minimum absolute atomic E-state index is 0. The van der Waals surface area contributed by atoms with E-state index in [-0.39, 0.29) is 32.2 Å². The second-order valence-electron chi connectivity index (χ2n) is 16.2. The van der Waals surface area contributed by atoms with E-state index < -0.39 is 0 Å². The van der Waals surface area contributed by atoms with Gasteiger partial charge in [0.15, 0.2) is 11.3 Å². The first kappa shape index (κ1) is 35.4. The smallest absolute Gasteiger partial charge is 0.177 e. The molecule has 6 nitrogen and oxygen atoms in total. The van der Waals surface area contributed by atoms with Crippen molar-refractivity contribution in [2.45, 2.75) is 26.2 Å². The minimum Gasteiger partial charge on any atom is -0.504 e. The third-order valence-electron chi connectivity index (χ3n) is 11.8. The Labute approximate surface area is 352 Å². The Balaban J connectivity index is 0.00000397. The van der Waals surface area contributed by atoms with Gasteiger partial charge in [0.2, 0.25) is 0 Å². The number of aromatic nitrogens is 3. The number of fused-ring (bicyclic) bond motifs is 15. The van der Waals surface area contributed by atoms with Gasteiger partial charge in [-0.15, -0.1) is 29.3 Å². The molecule has 0 spiro atoms. The zero-order valence-corrected chi connectivity index (χ0v) is 34.6. The monoisotopic (exact) mass is 943 g/mol. The van der Waals surface area contributed by atoms with Gasteiger partial charge in [-0.2, -0.15) is 0 Å². The topological polar surface area (TPSA) is 76.7 Å². The van der Waals surface area contributed by atoms with Crippen molar-refractivity contribution in [3.8, 4) is 39.3 Å². The summed E-state index contributed by atoms with van der Waals surface area (Å²) in [6.07, 6.45) is 1.87. The zero-order valence-electron chi connectivity index (χ0n) is 32.3. The van der Waals surface area contributed by atoms with Gasteiger partial charge in [0.1, 0.15) is 22.4 Å². The van der Waals surface area contributed by atoms with Crippen LogP contribution in [0.25, 0.3) is 116 Å². The number of aromatic hydroxyl groups is 1. The molecule has 1 N–H and O–H groups in total. The van der Waals surface area contributed by atoms with Gasteiger partial charge >= 0.3 is 0 Å². The van der Waals surface area contributed by atoms with Crippen molar-refractivity contribution >= 4 is 82.2 Å². The van der Waals surface area contributed by atoms with Gasteiger partial charge in [0, 0.05) is 54.5 Å². The summed E-state index contributed by atoms with van der Waals surface area (Å²) in [5.41, 5.74) is 12.9. The fourth-order valence-electron chi connectivity index (χ4n) is 8.90. The average molecular weight is 944 g/mol. The second-order valence-corrected chi connectivity index (χ2v) is 16.2. The number of para-hydroxylation sites is 3. The molecule has 0 amide bonds. The molecule has 59 heavy (non-hydrogen) atoms. The maximum absolute atomic E-state index is 12.4. The standard InChI is InChI=1S/C52H34N3O3.Pt/c1-52(2,3)33-25-31(24-32(26-33)40-27-30(22-23-53-40)29-12-5-4-6-13-29)34-16-11-18-42-47(34)54-51-46-38(35-14-7-9-17-41(35)55(42)51)28-39-45-44(58-50(39)48(46)56)21-20-37-36-15-8-10-19-43(36)57-49(37)45;/h4-23,25-28,56H,1-3H3;/q-1;. The number of pyridine rings is 2. The largest absolute Gasteiger partial charge is 0.504 e. The Kier molecular flexibility index (Phi) is 7.73. The molecular formula is C52H34N3O3Pt-. The van der Waals surface area contributed by atoms with Crippen LogP contribution < -0.4 is 0 Å². The number of phenolic OH excluding ortho intramolecular Hbond substituents is 1. The third kappa shape index (κ3) is 5.22. The molecule has 0 radical (unpaired) electrons. The van der Waals surface area contributed by atoms with Crippen molar-refractivity contribution in [1.82, 2.24) is 14.4 Å². The molecule has 0 aliphatic rings. The molecule has 5 heterocycles. The van der Waals surface area contributed by atoms with Gasteiger partial charge in [-0.1, -0.05) is 117 Å². The third-order valence-corrected chi connectivity index (χ3v) is 11.8. The van der Waals surface area contributed by atoms with Crippen LogP contribution in [0, 0.1) is 6.07 Å². The Morgan fingerprint density at radius 2 is 1.34 bits per heavy atom. The molecule has 7 heteroatoms. The number of hydrogen-bond donors (Lipinski definition) is 1. The van der Waals surface area contributed by atoms with E-state index in [1.54, 1.807) is 0 Å². The van der Waals surface area contributed by atoms with Crippen LogP contribution in [0.4, 0.5) is 0 Å². The average Bonchev–Trinajstić information content (AvgIpc) is 3.95. The van der Waals surface area contributed by atoms with Crippen LogP contribution in [0.15, 0.2) is 155 Å². The number of hydrogen-bond acceptors (Lipinski definition) is 5. The fraction of sp³-hybridized carbons (Fsp3) is 0.0769. The second kappa shape index (κ2) is 12.9. The van der Waals surface area contributed by atoms with Crippen molar-refractivity contribution in [2.75, 3.05) is 0 Å². The Morgan fingerprint density at radius 3 is 2.19 bits per heavy atom. The summed E-state index contributed by atoms with van der Waals surface area (Å²) in [7, 11) is 0. The predicted octanol–water partition coefficient (Wildman–Crippen LogP) is 13.8. The molecule has 0 unspecified atom stereocenters. The first-order chi connectivity index (χ1) is 28.3. The van der Waals surface area contributed by atoms with E-state index in [1.165, 1.54) is 5.56 Å². The summed E-state index contributed by atoms with van der Waals surface area (Å²) in [5, 5.41) is 18.6. The van der Waals surface area contributed by atoms with Gasteiger partial charge in [0.25, 0.3) is 0 Å². The summed E-state index contributed by atoms with van der Waals surface area (Å²) >= 11 is 0. The normalized spacial score (nSPS) is 12.3. The zero-order chi connectivity index (χ0) is 38.9. The van der Waals surface area contributed by atoms with Crippen molar-refractivity contribution in [3.63, 3.8) is 0 Å². The van der Waals surface area contributed by atoms with Crippen LogP contribution in [0.3, 0.4) is 0 Å². The number of nitrogens with zero attached hydrogens (tertiary/aromatic N) is 3. The summed E-state index contributed by atoms with van der Waals surface area (Å²) in [5.74, 6) is 0.0496. The molecular weight excluding hydrogens is 910 g/mol. The molecule has 0 atom stereocenters. The van der Waals surface area contributed by atoms with Crippen LogP contribution in [-0.4, -0.2) is 19.5 Å². The molecule has 0 aliphatic carbocycles. The first-order valence-corrected chi connectivity index (χ1v) is 19.5. The van der Waals surface area contributed by atoms with E-state index in [0.717, 1.165) is 93.5 Å². The number of furan rings is 2. The van der Waals surface area contributed by atoms with Crippen LogP contribution in [0.5, 0.6) is 5.75 Å². The Hall–Kier alpha value is -6.75. The number of benzene rings is 7. The Bertz CT molecular complexity index is 3680. The van der Waals surface area contributed by atoms with E-state index >= 15 is 0 Å². The fourth-order valence-corrected chi connectivity index (χ4v) is 8.90. The molecule has 7 aromatic carbocycles. The Morgan fingerprint density at radius 1 is 0.593 bits per heavy atom. The van der Waals surface area contributed by atoms with E-state index in [4.69, 9.17) is 18.8 Å². The predicted molar refractivity (Wildman–Crippen MR) is 236 cm³/mol. The first-order valence-electron chi connectivity index (χ1n) is 19.5. The van der Waals surface area contributed by atoms with Gasteiger partial charge in [-0.3, -0.25) is 9.38 Å². The van der Waals surface area contributed by atoms with Crippen LogP contribution in [0.2, 0.25) is 0 Å². The minimum atomic E-state index is -0.146. The van der Waals surface area contributed by atoms with Crippen molar-refractivity contribution in [1.29, 1.82) is 0 Å². The number of rotatable bonds is 3. The van der Waals surface area contributed by atoms with Gasteiger partial charge < -0.3 is 13.9 Å². The van der Waals surface area contributed by atoms with Gasteiger partial charge in [-0.05, 0) is 64.4 Å². The van der Waals surface area contributed by atoms with Crippen molar-refractivity contribution < 1.29 is 35.0 Å². The SMILES string of the molecule is CC(C)(C)c1cc(-c2cc(-c3ccccc3)ccn2)[c-]c(-c2cccc3c2nc2c4c(O)c5oc6ccc7c8ccccc8oc7c6c5cc4c4ccccc4n32)c1.[Pt]. The van der Waals surface area contributed by atoms with E-state index in [2.05, 4.69) is 122 Å². The number of phenols is 1. The summed E-state index contributed by atoms with van der Waals surface area (Å²) < 4.78 is 15.1. The number of imidazole rings is 1. The molecule has 0 aliphatic heterocycles. The quantitative estimate of drug-likeness (QED) is 0.141. The van der Waals surface area contributed by atoms with Crippen molar-refractivity contribution in [2.24, 2.45) is 0 Å². The van der Waals surface area contributed by atoms with E-state index in [9.17, 15) is 5.11 Å². The molecule has 286 valence electrons. The van der Waals surface area contributed by atoms with E-state index in [0.29, 0.717) is 22.2 Å². The maximum Gasteiger partial charge on any atom is 0.177 e. The van der Waals surface area contributed by atoms with Gasteiger partial charge in [0.05, 0.1) is 27.3 Å². The summed E-state index contributed by atoms with van der Waals surface area (Å²) in [6, 6.07) is 51.6. The summed E-state index contributed by atoms with van der Waals surface area (Å²) in [4.78, 5) is 10.3. The molecule has 12 aromatic rings. The molecule has 0 fully saturated rings. The molecule has 12 rings (SSSR count). The maximum atomic E-state index is 12.4. The van der Waals surface area contributed by atoms with Crippen molar-refractivity contribution in [3.05, 3.63) is 157 Å². The summed E-state index contributed by atoms with van der Waals surface area (Å²) in [6.45, 7) is 6.69.